The Morgan fingerprint density at radius 1 is 1.15 bits per heavy atom. The molecule has 0 aromatic carbocycles. The highest BCUT2D eigenvalue weighted by Gasteiger charge is 2.21. The van der Waals surface area contributed by atoms with Crippen LogP contribution in [-0.2, 0) is 23.9 Å². The van der Waals surface area contributed by atoms with E-state index in [9.17, 15) is 14.4 Å². The molecule has 0 radical (unpaired) electrons. The number of hydrogen-bond acceptors (Lipinski definition) is 6. The maximum Gasteiger partial charge on any atom is 0.328 e. The van der Waals surface area contributed by atoms with Crippen molar-refractivity contribution >= 4 is 17.8 Å². The Balaban J connectivity index is 4.21. The molecule has 0 aromatic heterocycles. The summed E-state index contributed by atoms with van der Waals surface area (Å²) in [4.78, 5) is 34.0. The van der Waals surface area contributed by atoms with Gasteiger partial charge in [0, 0.05) is 12.8 Å². The first-order chi connectivity index (χ1) is 9.54. The molecule has 20 heavy (non-hydrogen) atoms. The van der Waals surface area contributed by atoms with Crippen LogP contribution in [0.3, 0.4) is 0 Å². The fourth-order valence-electron chi connectivity index (χ4n) is 1.53. The molecule has 0 spiro atoms. The molecule has 0 aliphatic carbocycles. The molecule has 112 valence electrons. The summed E-state index contributed by atoms with van der Waals surface area (Å²) in [6, 6.07) is 1.26. The van der Waals surface area contributed by atoms with Gasteiger partial charge in [-0.15, -0.1) is 0 Å². The molecule has 7 nitrogen and oxygen atoms in total. The van der Waals surface area contributed by atoms with Crippen molar-refractivity contribution in [3.63, 3.8) is 0 Å². The van der Waals surface area contributed by atoms with Gasteiger partial charge < -0.3 is 14.8 Å². The first-order valence-corrected chi connectivity index (χ1v) is 6.36. The lowest BCUT2D eigenvalue weighted by Gasteiger charge is -2.16. The van der Waals surface area contributed by atoms with Crippen molar-refractivity contribution < 1.29 is 23.9 Å². The van der Waals surface area contributed by atoms with Gasteiger partial charge in [-0.25, -0.2) is 4.79 Å². The van der Waals surface area contributed by atoms with Gasteiger partial charge in [-0.1, -0.05) is 0 Å². The monoisotopic (exact) mass is 284 g/mol. The fraction of sp³-hybridized carbons (Fsp3) is 0.692. The maximum absolute atomic E-state index is 11.6. The number of amides is 1. The van der Waals surface area contributed by atoms with Gasteiger partial charge in [-0.3, -0.25) is 9.59 Å². The number of nitrogens with one attached hydrogen (secondary N) is 1. The lowest BCUT2D eigenvalue weighted by Crippen LogP contribution is -2.41. The molecular weight excluding hydrogens is 264 g/mol. The summed E-state index contributed by atoms with van der Waals surface area (Å²) in [6.45, 7) is 0. The van der Waals surface area contributed by atoms with Crippen LogP contribution < -0.4 is 5.32 Å². The van der Waals surface area contributed by atoms with Crippen LogP contribution in [0.15, 0.2) is 0 Å². The zero-order chi connectivity index (χ0) is 15.4. The highest BCUT2D eigenvalue weighted by Crippen LogP contribution is 2.06. The number of nitriles is 1. The van der Waals surface area contributed by atoms with E-state index in [0.717, 1.165) is 0 Å². The topological polar surface area (TPSA) is 105 Å². The van der Waals surface area contributed by atoms with Crippen molar-refractivity contribution in [3.05, 3.63) is 0 Å². The lowest BCUT2D eigenvalue weighted by atomic mass is 10.1. The van der Waals surface area contributed by atoms with Crippen LogP contribution in [0.2, 0.25) is 0 Å². The Labute approximate surface area is 118 Å². The third-order valence-electron chi connectivity index (χ3n) is 2.64. The average Bonchev–Trinajstić information content (AvgIpc) is 2.46. The molecule has 1 amide bonds. The molecule has 0 bridgehead atoms. The average molecular weight is 284 g/mol. The van der Waals surface area contributed by atoms with Gasteiger partial charge in [0.15, 0.2) is 0 Å². The largest absolute Gasteiger partial charge is 0.469 e. The van der Waals surface area contributed by atoms with Crippen LogP contribution in [0, 0.1) is 11.3 Å². The van der Waals surface area contributed by atoms with Gasteiger partial charge >= 0.3 is 11.9 Å². The van der Waals surface area contributed by atoms with E-state index in [2.05, 4.69) is 14.8 Å². The number of hydrogen-bond donors (Lipinski definition) is 1. The Bertz CT molecular complexity index is 375. The van der Waals surface area contributed by atoms with Crippen molar-refractivity contribution in [2.75, 3.05) is 14.2 Å². The molecule has 1 N–H and O–H groups in total. The minimum Gasteiger partial charge on any atom is -0.469 e. The third-order valence-corrected chi connectivity index (χ3v) is 2.64. The van der Waals surface area contributed by atoms with Crippen molar-refractivity contribution in [2.45, 2.75) is 44.6 Å². The van der Waals surface area contributed by atoms with Crippen LogP contribution in [0.25, 0.3) is 0 Å². The smallest absolute Gasteiger partial charge is 0.328 e. The van der Waals surface area contributed by atoms with Crippen molar-refractivity contribution in [2.24, 2.45) is 0 Å². The lowest BCUT2D eigenvalue weighted by molar-refractivity contribution is -0.145. The van der Waals surface area contributed by atoms with Gasteiger partial charge in [0.2, 0.25) is 5.91 Å². The zero-order valence-electron chi connectivity index (χ0n) is 11.8. The van der Waals surface area contributed by atoms with Crippen LogP contribution in [0.4, 0.5) is 0 Å². The second-order valence-electron chi connectivity index (χ2n) is 4.12. The molecule has 0 unspecified atom stereocenters. The Morgan fingerprint density at radius 3 is 2.40 bits per heavy atom. The highest BCUT2D eigenvalue weighted by molar-refractivity contribution is 5.86. The third kappa shape index (κ3) is 8.08. The molecule has 0 fully saturated rings. The first-order valence-electron chi connectivity index (χ1n) is 6.36. The van der Waals surface area contributed by atoms with E-state index in [4.69, 9.17) is 5.26 Å². The number of carbonyl (C=O) groups excluding carboxylic acids is 3. The van der Waals surface area contributed by atoms with Gasteiger partial charge in [0.1, 0.15) is 6.04 Å². The predicted octanol–water partition coefficient (Wildman–Crippen LogP) is 0.681. The van der Waals surface area contributed by atoms with Gasteiger partial charge in [-0.2, -0.15) is 5.26 Å². The summed E-state index contributed by atoms with van der Waals surface area (Å²) in [5.41, 5.74) is 0. The number of ether oxygens (including phenoxy) is 2. The highest BCUT2D eigenvalue weighted by atomic mass is 16.5. The molecule has 0 saturated heterocycles. The van der Waals surface area contributed by atoms with Crippen molar-refractivity contribution in [1.82, 2.24) is 5.32 Å². The summed E-state index contributed by atoms with van der Waals surface area (Å²) in [5, 5.41) is 10.9. The van der Waals surface area contributed by atoms with Gasteiger partial charge in [0.05, 0.1) is 26.7 Å². The fourth-order valence-corrected chi connectivity index (χ4v) is 1.53. The summed E-state index contributed by atoms with van der Waals surface area (Å²) in [6.07, 6.45) is 2.01. The molecule has 0 heterocycles. The molecular formula is C13H20N2O5. The minimum absolute atomic E-state index is 0.0370. The normalized spacial score (nSPS) is 11.1. The molecule has 0 rings (SSSR count). The molecule has 0 aliphatic heterocycles. The van der Waals surface area contributed by atoms with E-state index in [1.54, 1.807) is 0 Å². The minimum atomic E-state index is -0.746. The number of esters is 2. The number of methoxy groups -OCH3 is 2. The number of unbranched alkanes of at least 4 members (excludes halogenated alkanes) is 2. The van der Waals surface area contributed by atoms with Crippen LogP contribution >= 0.6 is 0 Å². The summed E-state index contributed by atoms with van der Waals surface area (Å²) in [5.74, 6) is -1.43. The molecule has 7 heteroatoms. The van der Waals surface area contributed by atoms with Gasteiger partial charge in [-0.05, 0) is 19.3 Å². The summed E-state index contributed by atoms with van der Waals surface area (Å²) >= 11 is 0. The van der Waals surface area contributed by atoms with E-state index in [-0.39, 0.29) is 12.8 Å². The Hall–Kier alpha value is -2.10. The Morgan fingerprint density at radius 2 is 1.85 bits per heavy atom. The molecule has 1 atom stereocenters. The maximum atomic E-state index is 11.6. The van der Waals surface area contributed by atoms with E-state index in [1.165, 1.54) is 14.2 Å². The quantitative estimate of drug-likeness (QED) is 0.493. The van der Waals surface area contributed by atoms with E-state index < -0.39 is 23.9 Å². The molecule has 0 aliphatic rings. The second kappa shape index (κ2) is 10.8. The zero-order valence-corrected chi connectivity index (χ0v) is 11.8. The van der Waals surface area contributed by atoms with Gasteiger partial charge in [0.25, 0.3) is 0 Å². The molecule has 0 saturated carbocycles. The molecule has 0 aromatic rings. The second-order valence-corrected chi connectivity index (χ2v) is 4.12. The number of carbonyl (C=O) groups is 3. The van der Waals surface area contributed by atoms with Crippen LogP contribution in [-0.4, -0.2) is 38.1 Å². The summed E-state index contributed by atoms with van der Waals surface area (Å²) in [7, 11) is 2.48. The SMILES string of the molecule is COC(=O)CCC(=O)N[C@H](CCCCC#N)C(=O)OC. The van der Waals surface area contributed by atoms with E-state index in [0.29, 0.717) is 25.7 Å². The van der Waals surface area contributed by atoms with Crippen molar-refractivity contribution in [3.8, 4) is 6.07 Å². The van der Waals surface area contributed by atoms with E-state index >= 15 is 0 Å². The standard InChI is InChI=1S/C13H20N2O5/c1-19-12(17)8-7-11(16)15-10(13(18)20-2)6-4-3-5-9-14/h10H,3-8H2,1-2H3,(H,15,16)/t10-/m1/s1. The van der Waals surface area contributed by atoms with Crippen LogP contribution in [0.5, 0.6) is 0 Å². The Kier molecular flexibility index (Phi) is 9.66. The predicted molar refractivity (Wildman–Crippen MR) is 69.3 cm³/mol. The number of nitrogens with zero attached hydrogens (tertiary/aromatic N) is 1. The van der Waals surface area contributed by atoms with E-state index in [1.807, 2.05) is 6.07 Å². The first kappa shape index (κ1) is 17.9. The number of rotatable bonds is 9. The summed E-state index contributed by atoms with van der Waals surface area (Å²) < 4.78 is 9.03. The van der Waals surface area contributed by atoms with Crippen LogP contribution in [0.1, 0.15) is 38.5 Å². The van der Waals surface area contributed by atoms with Crippen molar-refractivity contribution in [1.29, 1.82) is 5.26 Å².